The van der Waals surface area contributed by atoms with E-state index in [2.05, 4.69) is 55.3 Å². The van der Waals surface area contributed by atoms with Crippen LogP contribution in [0.25, 0.3) is 0 Å². The van der Waals surface area contributed by atoms with Gasteiger partial charge >= 0.3 is 0 Å². The lowest BCUT2D eigenvalue weighted by molar-refractivity contribution is 0.145. The Balaban J connectivity index is 1.77. The van der Waals surface area contributed by atoms with Gasteiger partial charge in [0.1, 0.15) is 0 Å². The zero-order valence-electron chi connectivity index (χ0n) is 11.9. The standard InChI is InChI=1S/C16H26N2/c1-13-6-4-7-16(10-13)8-5-9-18-12-14(2)17-11-15(18)3/h4,6-7,10,14-15,17H,5,8-9,11-12H2,1-3H3. The molecule has 2 rings (SSSR count). The molecule has 1 aliphatic rings. The van der Waals surface area contributed by atoms with E-state index in [1.807, 2.05) is 0 Å². The summed E-state index contributed by atoms with van der Waals surface area (Å²) >= 11 is 0. The predicted molar refractivity (Wildman–Crippen MR) is 78.0 cm³/mol. The average Bonchev–Trinajstić information content (AvgIpc) is 2.34. The largest absolute Gasteiger partial charge is 0.311 e. The fraction of sp³-hybridized carbons (Fsp3) is 0.625. The molecule has 0 radical (unpaired) electrons. The van der Waals surface area contributed by atoms with Gasteiger partial charge in [0.2, 0.25) is 0 Å². The summed E-state index contributed by atoms with van der Waals surface area (Å²) in [5.74, 6) is 0. The van der Waals surface area contributed by atoms with E-state index in [0.29, 0.717) is 12.1 Å². The van der Waals surface area contributed by atoms with Crippen molar-refractivity contribution in [1.29, 1.82) is 0 Å². The molecule has 1 heterocycles. The van der Waals surface area contributed by atoms with Gasteiger partial charge in [-0.05, 0) is 45.7 Å². The van der Waals surface area contributed by atoms with Gasteiger partial charge in [0.25, 0.3) is 0 Å². The van der Waals surface area contributed by atoms with E-state index in [0.717, 1.165) is 6.54 Å². The zero-order valence-corrected chi connectivity index (χ0v) is 11.9. The van der Waals surface area contributed by atoms with Crippen molar-refractivity contribution in [3.05, 3.63) is 35.4 Å². The lowest BCUT2D eigenvalue weighted by atomic mass is 10.1. The van der Waals surface area contributed by atoms with Gasteiger partial charge in [0.15, 0.2) is 0 Å². The predicted octanol–water partition coefficient (Wildman–Crippen LogP) is 2.61. The van der Waals surface area contributed by atoms with Crippen molar-refractivity contribution in [2.75, 3.05) is 19.6 Å². The Kier molecular flexibility index (Phi) is 4.79. The summed E-state index contributed by atoms with van der Waals surface area (Å²) in [6.45, 7) is 10.3. The molecule has 1 saturated heterocycles. The molecule has 0 bridgehead atoms. The molecule has 1 aromatic carbocycles. The van der Waals surface area contributed by atoms with Crippen LogP contribution >= 0.6 is 0 Å². The van der Waals surface area contributed by atoms with Gasteiger partial charge in [-0.1, -0.05) is 29.8 Å². The maximum atomic E-state index is 3.54. The van der Waals surface area contributed by atoms with Crippen LogP contribution in [0.15, 0.2) is 24.3 Å². The minimum absolute atomic E-state index is 0.639. The molecule has 1 aliphatic heterocycles. The maximum Gasteiger partial charge on any atom is 0.0193 e. The molecule has 2 atom stereocenters. The van der Waals surface area contributed by atoms with Crippen molar-refractivity contribution in [1.82, 2.24) is 10.2 Å². The van der Waals surface area contributed by atoms with Gasteiger partial charge in [-0.15, -0.1) is 0 Å². The molecule has 2 unspecified atom stereocenters. The Morgan fingerprint density at radius 2 is 2.17 bits per heavy atom. The van der Waals surface area contributed by atoms with E-state index in [1.165, 1.54) is 37.1 Å². The molecule has 0 amide bonds. The van der Waals surface area contributed by atoms with Crippen LogP contribution in [0.2, 0.25) is 0 Å². The molecule has 1 N–H and O–H groups in total. The fourth-order valence-electron chi connectivity index (χ4n) is 2.76. The summed E-state index contributed by atoms with van der Waals surface area (Å²) in [6, 6.07) is 10.2. The fourth-order valence-corrected chi connectivity index (χ4v) is 2.76. The average molecular weight is 246 g/mol. The first kappa shape index (κ1) is 13.6. The Bertz CT molecular complexity index is 375. The zero-order chi connectivity index (χ0) is 13.0. The highest BCUT2D eigenvalue weighted by Crippen LogP contribution is 2.10. The molecule has 18 heavy (non-hydrogen) atoms. The number of benzene rings is 1. The second-order valence-corrected chi connectivity index (χ2v) is 5.75. The van der Waals surface area contributed by atoms with E-state index >= 15 is 0 Å². The normalized spacial score (nSPS) is 25.3. The van der Waals surface area contributed by atoms with Crippen LogP contribution in [0.5, 0.6) is 0 Å². The van der Waals surface area contributed by atoms with Crippen molar-refractivity contribution in [2.45, 2.75) is 45.7 Å². The van der Waals surface area contributed by atoms with Crippen LogP contribution in [0.1, 0.15) is 31.4 Å². The highest BCUT2D eigenvalue weighted by atomic mass is 15.2. The highest BCUT2D eigenvalue weighted by molar-refractivity contribution is 5.22. The van der Waals surface area contributed by atoms with E-state index in [-0.39, 0.29) is 0 Å². The molecule has 1 fully saturated rings. The molecule has 2 nitrogen and oxygen atoms in total. The summed E-state index contributed by atoms with van der Waals surface area (Å²) < 4.78 is 0. The number of nitrogens with one attached hydrogen (secondary N) is 1. The second kappa shape index (κ2) is 6.35. The second-order valence-electron chi connectivity index (χ2n) is 5.75. The monoisotopic (exact) mass is 246 g/mol. The SMILES string of the molecule is Cc1cccc(CCCN2CC(C)NCC2C)c1. The molecule has 1 aromatic rings. The first-order valence-corrected chi connectivity index (χ1v) is 7.18. The molecule has 0 spiro atoms. The molecular weight excluding hydrogens is 220 g/mol. The lowest BCUT2D eigenvalue weighted by Crippen LogP contribution is -2.54. The van der Waals surface area contributed by atoms with Crippen molar-refractivity contribution in [2.24, 2.45) is 0 Å². The molecule has 0 aliphatic carbocycles. The lowest BCUT2D eigenvalue weighted by Gasteiger charge is -2.37. The third kappa shape index (κ3) is 3.82. The van der Waals surface area contributed by atoms with Crippen LogP contribution in [0.3, 0.4) is 0 Å². The summed E-state index contributed by atoms with van der Waals surface area (Å²) in [5.41, 5.74) is 2.85. The number of rotatable bonds is 4. The van der Waals surface area contributed by atoms with Crippen molar-refractivity contribution in [3.8, 4) is 0 Å². The third-order valence-electron chi connectivity index (χ3n) is 3.89. The van der Waals surface area contributed by atoms with Gasteiger partial charge in [-0.25, -0.2) is 0 Å². The Morgan fingerprint density at radius 1 is 1.33 bits per heavy atom. The van der Waals surface area contributed by atoms with E-state index < -0.39 is 0 Å². The van der Waals surface area contributed by atoms with Gasteiger partial charge in [0, 0.05) is 25.2 Å². The molecular formula is C16H26N2. The number of hydrogen-bond acceptors (Lipinski definition) is 2. The Labute approximate surface area is 111 Å². The Hall–Kier alpha value is -0.860. The highest BCUT2D eigenvalue weighted by Gasteiger charge is 2.21. The van der Waals surface area contributed by atoms with E-state index in [1.54, 1.807) is 0 Å². The van der Waals surface area contributed by atoms with Gasteiger partial charge in [0.05, 0.1) is 0 Å². The molecule has 2 heteroatoms. The van der Waals surface area contributed by atoms with Gasteiger partial charge in [-0.3, -0.25) is 4.90 Å². The van der Waals surface area contributed by atoms with Gasteiger partial charge < -0.3 is 5.32 Å². The van der Waals surface area contributed by atoms with Crippen LogP contribution in [-0.2, 0) is 6.42 Å². The summed E-state index contributed by atoms with van der Waals surface area (Å²) in [4.78, 5) is 2.62. The van der Waals surface area contributed by atoms with Crippen LogP contribution in [0, 0.1) is 6.92 Å². The third-order valence-corrected chi connectivity index (χ3v) is 3.89. The van der Waals surface area contributed by atoms with Crippen LogP contribution < -0.4 is 5.32 Å². The number of nitrogens with zero attached hydrogens (tertiary/aromatic N) is 1. The first-order valence-electron chi connectivity index (χ1n) is 7.18. The summed E-state index contributed by atoms with van der Waals surface area (Å²) in [5, 5.41) is 3.54. The van der Waals surface area contributed by atoms with Gasteiger partial charge in [-0.2, -0.15) is 0 Å². The molecule has 100 valence electrons. The van der Waals surface area contributed by atoms with E-state index in [9.17, 15) is 0 Å². The quantitative estimate of drug-likeness (QED) is 0.878. The van der Waals surface area contributed by atoms with Crippen LogP contribution in [-0.4, -0.2) is 36.6 Å². The number of aryl methyl sites for hydroxylation is 2. The van der Waals surface area contributed by atoms with Crippen molar-refractivity contribution >= 4 is 0 Å². The first-order chi connectivity index (χ1) is 8.65. The van der Waals surface area contributed by atoms with Crippen molar-refractivity contribution < 1.29 is 0 Å². The number of piperazine rings is 1. The topological polar surface area (TPSA) is 15.3 Å². The molecule has 0 aromatic heterocycles. The minimum atomic E-state index is 0.639. The summed E-state index contributed by atoms with van der Waals surface area (Å²) in [6.07, 6.45) is 2.47. The maximum absolute atomic E-state index is 3.54. The number of hydrogen-bond donors (Lipinski definition) is 1. The van der Waals surface area contributed by atoms with Crippen molar-refractivity contribution in [3.63, 3.8) is 0 Å². The summed E-state index contributed by atoms with van der Waals surface area (Å²) in [7, 11) is 0. The van der Waals surface area contributed by atoms with Crippen LogP contribution in [0.4, 0.5) is 0 Å². The van der Waals surface area contributed by atoms with E-state index in [4.69, 9.17) is 0 Å². The Morgan fingerprint density at radius 3 is 2.94 bits per heavy atom. The molecule has 0 saturated carbocycles. The smallest absolute Gasteiger partial charge is 0.0193 e. The minimum Gasteiger partial charge on any atom is -0.311 e.